The Balaban J connectivity index is 1.87. The minimum atomic E-state index is -0.273. The summed E-state index contributed by atoms with van der Waals surface area (Å²) in [6.45, 7) is 4.06. The Labute approximate surface area is 120 Å². The van der Waals surface area contributed by atoms with Crippen molar-refractivity contribution in [2.45, 2.75) is 26.3 Å². The average molecular weight is 293 g/mol. The summed E-state index contributed by atoms with van der Waals surface area (Å²) in [6.07, 6.45) is 1.70. The van der Waals surface area contributed by atoms with Crippen molar-refractivity contribution in [1.82, 2.24) is 24.4 Å². The molecule has 0 atom stereocenters. The molecule has 0 bridgehead atoms. The number of carbonyl (C=O) groups is 2. The average Bonchev–Trinajstić information content (AvgIpc) is 2.84. The molecule has 0 fully saturated rings. The van der Waals surface area contributed by atoms with Gasteiger partial charge in [-0.3, -0.25) is 9.59 Å². The predicted octanol–water partition coefficient (Wildman–Crippen LogP) is 0.731. The molecule has 2 amide bonds. The summed E-state index contributed by atoms with van der Waals surface area (Å²) in [6, 6.07) is 1.73. The number of hydrogen-bond acceptors (Lipinski definition) is 6. The zero-order chi connectivity index (χ0) is 14.5. The zero-order valence-corrected chi connectivity index (χ0v) is 12.0. The summed E-state index contributed by atoms with van der Waals surface area (Å²) in [5.74, 6) is -0.359. The molecule has 2 N–H and O–H groups in total. The van der Waals surface area contributed by atoms with Crippen molar-refractivity contribution >= 4 is 34.7 Å². The fourth-order valence-corrected chi connectivity index (χ4v) is 2.08. The van der Waals surface area contributed by atoms with Gasteiger partial charge in [-0.2, -0.15) is 8.75 Å². The monoisotopic (exact) mass is 293 g/mol. The van der Waals surface area contributed by atoms with E-state index >= 15 is 0 Å². The number of nitrogens with one attached hydrogen (secondary N) is 2. The molecule has 7 nitrogen and oxygen atoms in total. The van der Waals surface area contributed by atoms with E-state index in [1.807, 2.05) is 13.8 Å². The highest BCUT2D eigenvalue weighted by Gasteiger charge is 2.10. The third-order valence-electron chi connectivity index (χ3n) is 2.46. The lowest BCUT2D eigenvalue weighted by Crippen LogP contribution is -2.34. The van der Waals surface area contributed by atoms with Gasteiger partial charge in [0.05, 0.1) is 17.3 Å². The molecule has 0 aliphatic rings. The molecular formula is C12H15N5O2S. The first-order valence-electron chi connectivity index (χ1n) is 6.22. The maximum atomic E-state index is 11.9. The van der Waals surface area contributed by atoms with E-state index in [-0.39, 0.29) is 30.8 Å². The van der Waals surface area contributed by atoms with Crippen LogP contribution in [0.5, 0.6) is 0 Å². The third-order valence-corrected chi connectivity index (χ3v) is 3.00. The van der Waals surface area contributed by atoms with Crippen LogP contribution in [0.3, 0.4) is 0 Å². The van der Waals surface area contributed by atoms with Crippen molar-refractivity contribution in [1.29, 1.82) is 0 Å². The molecular weight excluding hydrogens is 278 g/mol. The molecule has 0 unspecified atom stereocenters. The summed E-state index contributed by atoms with van der Waals surface area (Å²) in [5.41, 5.74) is 1.54. The number of pyridine rings is 1. The van der Waals surface area contributed by atoms with Crippen LogP contribution in [0.25, 0.3) is 11.2 Å². The maximum absolute atomic E-state index is 11.9. The third kappa shape index (κ3) is 3.70. The minimum Gasteiger partial charge on any atom is -0.354 e. The summed E-state index contributed by atoms with van der Waals surface area (Å²) in [7, 11) is 0. The molecule has 0 aliphatic heterocycles. The molecule has 0 saturated heterocycles. The fraction of sp³-hybridized carbons (Fsp3) is 0.417. The zero-order valence-electron chi connectivity index (χ0n) is 11.2. The van der Waals surface area contributed by atoms with E-state index in [0.717, 1.165) is 11.7 Å². The van der Waals surface area contributed by atoms with Crippen molar-refractivity contribution in [2.24, 2.45) is 0 Å². The highest BCUT2D eigenvalue weighted by molar-refractivity contribution is 7.00. The van der Waals surface area contributed by atoms with E-state index in [9.17, 15) is 9.59 Å². The second kappa shape index (κ2) is 6.38. The van der Waals surface area contributed by atoms with Gasteiger partial charge in [0.15, 0.2) is 5.65 Å². The normalized spacial score (nSPS) is 10.8. The van der Waals surface area contributed by atoms with Crippen molar-refractivity contribution < 1.29 is 9.59 Å². The first-order valence-corrected chi connectivity index (χ1v) is 6.95. The number of aromatic nitrogens is 3. The SMILES string of the molecule is CC(C)NC(=O)CCNC(=O)c1cnc2nsnc2c1. The molecule has 0 aromatic carbocycles. The van der Waals surface area contributed by atoms with Crippen LogP contribution < -0.4 is 10.6 Å². The molecule has 2 aromatic heterocycles. The second-order valence-corrected chi connectivity index (χ2v) is 5.09. The maximum Gasteiger partial charge on any atom is 0.252 e. The highest BCUT2D eigenvalue weighted by Crippen LogP contribution is 2.10. The molecule has 2 heterocycles. The molecule has 106 valence electrons. The Morgan fingerprint density at radius 3 is 2.90 bits per heavy atom. The van der Waals surface area contributed by atoms with E-state index in [4.69, 9.17) is 0 Å². The van der Waals surface area contributed by atoms with Crippen LogP contribution in [0.15, 0.2) is 12.3 Å². The first kappa shape index (κ1) is 14.3. The standard InChI is InChI=1S/C12H15N5O2S/c1-7(2)15-10(18)3-4-13-12(19)8-5-9-11(14-6-8)17-20-16-9/h5-7H,3-4H2,1-2H3,(H,13,19)(H,15,18). The molecule has 0 radical (unpaired) electrons. The van der Waals surface area contributed by atoms with Gasteiger partial charge in [0.25, 0.3) is 5.91 Å². The van der Waals surface area contributed by atoms with Gasteiger partial charge in [0.1, 0.15) is 5.52 Å². The lowest BCUT2D eigenvalue weighted by atomic mass is 10.2. The molecule has 0 aliphatic carbocycles. The van der Waals surface area contributed by atoms with E-state index in [1.54, 1.807) is 6.07 Å². The quantitative estimate of drug-likeness (QED) is 0.847. The van der Waals surface area contributed by atoms with Gasteiger partial charge < -0.3 is 10.6 Å². The molecule has 20 heavy (non-hydrogen) atoms. The van der Waals surface area contributed by atoms with Gasteiger partial charge in [-0.15, -0.1) is 0 Å². The summed E-state index contributed by atoms with van der Waals surface area (Å²) >= 11 is 1.05. The smallest absolute Gasteiger partial charge is 0.252 e. The summed E-state index contributed by atoms with van der Waals surface area (Å²) in [5, 5.41) is 5.43. The van der Waals surface area contributed by atoms with Crippen LogP contribution in [0.1, 0.15) is 30.6 Å². The summed E-state index contributed by atoms with van der Waals surface area (Å²) < 4.78 is 7.99. The topological polar surface area (TPSA) is 96.9 Å². The van der Waals surface area contributed by atoms with Crippen LogP contribution >= 0.6 is 11.7 Å². The van der Waals surface area contributed by atoms with Crippen LogP contribution in [0, 0.1) is 0 Å². The van der Waals surface area contributed by atoms with Crippen molar-refractivity contribution in [3.05, 3.63) is 17.8 Å². The molecule has 0 saturated carbocycles. The Morgan fingerprint density at radius 1 is 1.35 bits per heavy atom. The van der Waals surface area contributed by atoms with E-state index < -0.39 is 0 Å². The van der Waals surface area contributed by atoms with Gasteiger partial charge in [-0.1, -0.05) is 0 Å². The molecule has 8 heteroatoms. The first-order chi connectivity index (χ1) is 9.56. The van der Waals surface area contributed by atoms with Crippen molar-refractivity contribution in [2.75, 3.05) is 6.54 Å². The Morgan fingerprint density at radius 2 is 2.15 bits per heavy atom. The number of carbonyl (C=O) groups excluding carboxylic acids is 2. The number of amides is 2. The van der Waals surface area contributed by atoms with E-state index in [0.29, 0.717) is 16.7 Å². The van der Waals surface area contributed by atoms with Gasteiger partial charge >= 0.3 is 0 Å². The van der Waals surface area contributed by atoms with Gasteiger partial charge in [0.2, 0.25) is 5.91 Å². The number of hydrogen-bond donors (Lipinski definition) is 2. The van der Waals surface area contributed by atoms with Crippen LogP contribution in [0.2, 0.25) is 0 Å². The summed E-state index contributed by atoms with van der Waals surface area (Å²) in [4.78, 5) is 27.3. The second-order valence-electron chi connectivity index (χ2n) is 4.56. The minimum absolute atomic E-state index is 0.0856. The number of rotatable bonds is 5. The Hall–Kier alpha value is -2.09. The highest BCUT2D eigenvalue weighted by atomic mass is 32.1. The molecule has 2 aromatic rings. The molecule has 0 spiro atoms. The van der Waals surface area contributed by atoms with Crippen molar-refractivity contribution in [3.8, 4) is 0 Å². The lowest BCUT2D eigenvalue weighted by Gasteiger charge is -2.08. The van der Waals surface area contributed by atoms with Gasteiger partial charge in [-0.05, 0) is 19.9 Å². The fourth-order valence-electron chi connectivity index (χ4n) is 1.60. The number of fused-ring (bicyclic) bond motifs is 1. The van der Waals surface area contributed by atoms with Crippen LogP contribution in [-0.4, -0.2) is 38.1 Å². The van der Waals surface area contributed by atoms with E-state index in [1.165, 1.54) is 6.20 Å². The Kier molecular flexibility index (Phi) is 4.57. The van der Waals surface area contributed by atoms with Gasteiger partial charge in [-0.25, -0.2) is 4.98 Å². The van der Waals surface area contributed by atoms with Crippen LogP contribution in [-0.2, 0) is 4.79 Å². The van der Waals surface area contributed by atoms with E-state index in [2.05, 4.69) is 24.4 Å². The lowest BCUT2D eigenvalue weighted by molar-refractivity contribution is -0.121. The number of nitrogens with zero attached hydrogens (tertiary/aromatic N) is 3. The predicted molar refractivity (Wildman–Crippen MR) is 75.4 cm³/mol. The molecule has 2 rings (SSSR count). The van der Waals surface area contributed by atoms with Gasteiger partial charge in [0, 0.05) is 25.2 Å². The van der Waals surface area contributed by atoms with Crippen molar-refractivity contribution in [3.63, 3.8) is 0 Å². The Bertz CT molecular complexity index is 625. The van der Waals surface area contributed by atoms with Crippen LogP contribution in [0.4, 0.5) is 0 Å². The largest absolute Gasteiger partial charge is 0.354 e.